The van der Waals surface area contributed by atoms with Gasteiger partial charge in [-0.2, -0.15) is 0 Å². The molecule has 2 aromatic carbocycles. The number of hydrogen-bond acceptors (Lipinski definition) is 5. The molecule has 0 spiro atoms. The van der Waals surface area contributed by atoms with Crippen LogP contribution >= 0.6 is 0 Å². The second-order valence-electron chi connectivity index (χ2n) is 6.94. The number of benzene rings is 2. The largest absolute Gasteiger partial charge is 0.497 e. The molecule has 8 heteroatoms. The number of carbonyl (C=O) groups excluding carboxylic acids is 1. The molecule has 0 aromatic heterocycles. The molecule has 0 aliphatic heterocycles. The Morgan fingerprint density at radius 1 is 1.00 bits per heavy atom. The zero-order valence-corrected chi connectivity index (χ0v) is 18.0. The highest BCUT2D eigenvalue weighted by atomic mass is 32.2. The molecule has 2 rings (SSSR count). The van der Waals surface area contributed by atoms with Crippen molar-refractivity contribution in [2.24, 2.45) is 5.92 Å². The number of amides is 1. The number of carbonyl (C=O) groups is 1. The molecule has 0 saturated heterocycles. The number of hydrogen-bond donors (Lipinski definition) is 2. The van der Waals surface area contributed by atoms with E-state index in [1.165, 1.54) is 19.2 Å². The lowest BCUT2D eigenvalue weighted by Crippen LogP contribution is -2.42. The molecular formula is C21H28N2O5S. The van der Waals surface area contributed by atoms with E-state index < -0.39 is 16.1 Å². The predicted molar refractivity (Wildman–Crippen MR) is 111 cm³/mol. The number of methoxy groups -OCH3 is 2. The van der Waals surface area contributed by atoms with Gasteiger partial charge in [0.25, 0.3) is 0 Å². The summed E-state index contributed by atoms with van der Waals surface area (Å²) in [5.74, 6) is 0.945. The highest BCUT2D eigenvalue weighted by molar-refractivity contribution is 7.89. The van der Waals surface area contributed by atoms with E-state index in [2.05, 4.69) is 10.0 Å². The minimum atomic E-state index is -3.76. The number of nitrogens with one attached hydrogen (secondary N) is 2. The van der Waals surface area contributed by atoms with Gasteiger partial charge in [0.1, 0.15) is 11.5 Å². The van der Waals surface area contributed by atoms with Crippen LogP contribution in [0.25, 0.3) is 0 Å². The van der Waals surface area contributed by atoms with Gasteiger partial charge in [-0.25, -0.2) is 13.1 Å². The molecule has 0 aliphatic rings. The van der Waals surface area contributed by atoms with Gasteiger partial charge < -0.3 is 14.8 Å². The number of sulfonamides is 1. The van der Waals surface area contributed by atoms with E-state index in [4.69, 9.17) is 9.47 Å². The highest BCUT2D eigenvalue weighted by Crippen LogP contribution is 2.19. The molecule has 0 aliphatic carbocycles. The van der Waals surface area contributed by atoms with Crippen LogP contribution in [0.5, 0.6) is 11.5 Å². The van der Waals surface area contributed by atoms with Crippen molar-refractivity contribution in [3.05, 3.63) is 54.1 Å². The molecule has 1 atom stereocenters. The summed E-state index contributed by atoms with van der Waals surface area (Å²) in [5, 5.41) is 2.83. The van der Waals surface area contributed by atoms with Crippen LogP contribution in [0.3, 0.4) is 0 Å². The van der Waals surface area contributed by atoms with Gasteiger partial charge in [-0.1, -0.05) is 32.0 Å². The molecule has 2 N–H and O–H groups in total. The summed E-state index contributed by atoms with van der Waals surface area (Å²) in [5.41, 5.74) is 0.850. The summed E-state index contributed by atoms with van der Waals surface area (Å²) < 4.78 is 38.4. The van der Waals surface area contributed by atoms with Crippen molar-refractivity contribution in [2.75, 3.05) is 14.2 Å². The summed E-state index contributed by atoms with van der Waals surface area (Å²) >= 11 is 0. The van der Waals surface area contributed by atoms with E-state index in [-0.39, 0.29) is 23.1 Å². The fourth-order valence-electron chi connectivity index (χ4n) is 2.75. The second-order valence-corrected chi connectivity index (χ2v) is 8.65. The smallest absolute Gasteiger partial charge is 0.240 e. The van der Waals surface area contributed by atoms with Crippen molar-refractivity contribution in [3.63, 3.8) is 0 Å². The van der Waals surface area contributed by atoms with E-state index in [1.807, 2.05) is 38.1 Å². The van der Waals surface area contributed by atoms with Crippen LogP contribution in [0.2, 0.25) is 0 Å². The third kappa shape index (κ3) is 6.47. The zero-order valence-electron chi connectivity index (χ0n) is 17.1. The summed E-state index contributed by atoms with van der Waals surface area (Å²) in [6, 6.07) is 13.0. The van der Waals surface area contributed by atoms with E-state index in [1.54, 1.807) is 19.2 Å². The van der Waals surface area contributed by atoms with Gasteiger partial charge in [-0.15, -0.1) is 0 Å². The van der Waals surface area contributed by atoms with Crippen molar-refractivity contribution in [1.29, 1.82) is 0 Å². The Morgan fingerprint density at radius 2 is 1.66 bits per heavy atom. The quantitative estimate of drug-likeness (QED) is 0.616. The molecule has 2 aromatic rings. The molecular weight excluding hydrogens is 392 g/mol. The topological polar surface area (TPSA) is 93.7 Å². The molecule has 158 valence electrons. The van der Waals surface area contributed by atoms with Crippen molar-refractivity contribution >= 4 is 15.9 Å². The van der Waals surface area contributed by atoms with Gasteiger partial charge in [-0.3, -0.25) is 4.79 Å². The van der Waals surface area contributed by atoms with Gasteiger partial charge >= 0.3 is 0 Å². The summed E-state index contributed by atoms with van der Waals surface area (Å²) in [6.07, 6.45) is 0.0300. The van der Waals surface area contributed by atoms with Crippen LogP contribution < -0.4 is 19.5 Å². The molecule has 1 unspecified atom stereocenters. The Hall–Kier alpha value is -2.58. The Morgan fingerprint density at radius 3 is 2.24 bits per heavy atom. The lowest BCUT2D eigenvalue weighted by molar-refractivity contribution is -0.121. The summed E-state index contributed by atoms with van der Waals surface area (Å²) in [4.78, 5) is 12.6. The Balaban J connectivity index is 2.02. The van der Waals surface area contributed by atoms with Gasteiger partial charge in [0, 0.05) is 24.6 Å². The normalized spacial score (nSPS) is 12.4. The molecule has 0 bridgehead atoms. The number of rotatable bonds is 10. The maximum Gasteiger partial charge on any atom is 0.240 e. The van der Waals surface area contributed by atoms with Crippen LogP contribution in [0.15, 0.2) is 53.4 Å². The molecule has 29 heavy (non-hydrogen) atoms. The maximum atomic E-state index is 12.7. The lowest BCUT2D eigenvalue weighted by atomic mass is 10.0. The first kappa shape index (κ1) is 22.7. The first-order valence-electron chi connectivity index (χ1n) is 9.31. The van der Waals surface area contributed by atoms with Crippen molar-refractivity contribution in [3.8, 4) is 11.5 Å². The van der Waals surface area contributed by atoms with Crippen molar-refractivity contribution in [2.45, 2.75) is 37.8 Å². The zero-order chi connectivity index (χ0) is 21.4. The van der Waals surface area contributed by atoms with Gasteiger partial charge in [0.2, 0.25) is 15.9 Å². The maximum absolute atomic E-state index is 12.7. The van der Waals surface area contributed by atoms with Gasteiger partial charge in [-0.05, 0) is 36.2 Å². The van der Waals surface area contributed by atoms with Crippen molar-refractivity contribution < 1.29 is 22.7 Å². The Bertz CT molecular complexity index is 911. The van der Waals surface area contributed by atoms with E-state index in [0.717, 1.165) is 5.56 Å². The lowest BCUT2D eigenvalue weighted by Gasteiger charge is -2.22. The van der Waals surface area contributed by atoms with E-state index >= 15 is 0 Å². The molecule has 0 radical (unpaired) electrons. The summed E-state index contributed by atoms with van der Waals surface area (Å²) in [6.45, 7) is 4.04. The van der Waals surface area contributed by atoms with Crippen LogP contribution in [-0.4, -0.2) is 34.6 Å². The second kappa shape index (κ2) is 10.3. The SMILES string of the molecule is COc1ccc(S(=O)(=O)NC(CC(=O)NCc2ccccc2OC)C(C)C)cc1. The van der Waals surface area contributed by atoms with Crippen LogP contribution in [0.1, 0.15) is 25.8 Å². The minimum Gasteiger partial charge on any atom is -0.497 e. The molecule has 1 amide bonds. The Labute approximate surface area is 172 Å². The van der Waals surface area contributed by atoms with E-state index in [9.17, 15) is 13.2 Å². The van der Waals surface area contributed by atoms with Crippen LogP contribution in [-0.2, 0) is 21.4 Å². The van der Waals surface area contributed by atoms with Gasteiger partial charge in [0.05, 0.1) is 19.1 Å². The van der Waals surface area contributed by atoms with Gasteiger partial charge in [0.15, 0.2) is 0 Å². The Kier molecular flexibility index (Phi) is 8.04. The van der Waals surface area contributed by atoms with E-state index in [0.29, 0.717) is 18.0 Å². The molecule has 0 saturated carbocycles. The summed E-state index contributed by atoms with van der Waals surface area (Å²) in [7, 11) is -0.672. The fourth-order valence-corrected chi connectivity index (χ4v) is 4.13. The number of ether oxygens (including phenoxy) is 2. The standard InChI is InChI=1S/C21H28N2O5S/c1-15(2)19(23-29(25,26)18-11-9-17(27-3)10-12-18)13-21(24)22-14-16-7-5-6-8-20(16)28-4/h5-12,15,19,23H,13-14H2,1-4H3,(H,22,24). The molecule has 0 heterocycles. The van der Waals surface area contributed by atoms with Crippen molar-refractivity contribution in [1.82, 2.24) is 10.0 Å². The third-order valence-electron chi connectivity index (χ3n) is 4.55. The first-order chi connectivity index (χ1) is 13.8. The minimum absolute atomic E-state index is 0.0300. The monoisotopic (exact) mass is 420 g/mol. The average Bonchev–Trinajstić information content (AvgIpc) is 2.71. The average molecular weight is 421 g/mol. The van der Waals surface area contributed by atoms with Crippen LogP contribution in [0.4, 0.5) is 0 Å². The first-order valence-corrected chi connectivity index (χ1v) is 10.8. The third-order valence-corrected chi connectivity index (χ3v) is 6.06. The predicted octanol–water partition coefficient (Wildman–Crippen LogP) is 2.71. The van der Waals surface area contributed by atoms with Crippen LogP contribution in [0, 0.1) is 5.92 Å². The molecule has 7 nitrogen and oxygen atoms in total. The highest BCUT2D eigenvalue weighted by Gasteiger charge is 2.25. The number of para-hydroxylation sites is 1. The molecule has 0 fully saturated rings. The fraction of sp³-hybridized carbons (Fsp3) is 0.381.